The summed E-state index contributed by atoms with van der Waals surface area (Å²) >= 11 is 6.17. The number of aliphatic hydroxyl groups is 1. The molecule has 124 valence electrons. The highest BCUT2D eigenvalue weighted by molar-refractivity contribution is 6.36. The standard InChI is InChI=1S/C17H20ClNO4/c1-4-14(20)12(15(21)5-2)10-19-13-9-7-8-11(16(13)18)17(22)23-6-3/h7-10,20H,4-6H2,1-3H3. The van der Waals surface area contributed by atoms with Gasteiger partial charge in [-0.05, 0) is 19.1 Å². The van der Waals surface area contributed by atoms with Gasteiger partial charge in [0.25, 0.3) is 0 Å². The van der Waals surface area contributed by atoms with Crippen molar-refractivity contribution in [3.05, 3.63) is 40.1 Å². The van der Waals surface area contributed by atoms with Crippen LogP contribution in [-0.4, -0.2) is 29.7 Å². The average molecular weight is 338 g/mol. The molecule has 0 unspecified atom stereocenters. The number of nitrogens with zero attached hydrogens (tertiary/aromatic N) is 1. The van der Waals surface area contributed by atoms with Gasteiger partial charge in [0.2, 0.25) is 0 Å². The van der Waals surface area contributed by atoms with Crippen molar-refractivity contribution in [2.45, 2.75) is 33.6 Å². The number of carbonyl (C=O) groups is 2. The van der Waals surface area contributed by atoms with E-state index in [4.69, 9.17) is 16.3 Å². The third kappa shape index (κ3) is 4.93. The van der Waals surface area contributed by atoms with E-state index in [0.29, 0.717) is 12.1 Å². The first-order valence-electron chi connectivity index (χ1n) is 7.41. The van der Waals surface area contributed by atoms with Crippen LogP contribution in [0.1, 0.15) is 44.0 Å². The molecule has 0 radical (unpaired) electrons. The SMILES string of the molecule is CCOC(=O)c1cccc(N=CC(C(=O)CC)=C(O)CC)c1Cl. The van der Waals surface area contributed by atoms with Gasteiger partial charge in [-0.25, -0.2) is 4.79 Å². The van der Waals surface area contributed by atoms with Crippen LogP contribution in [0.5, 0.6) is 0 Å². The maximum Gasteiger partial charge on any atom is 0.339 e. The highest BCUT2D eigenvalue weighted by Gasteiger charge is 2.15. The zero-order chi connectivity index (χ0) is 17.4. The van der Waals surface area contributed by atoms with Crippen molar-refractivity contribution in [2.75, 3.05) is 6.61 Å². The fraction of sp³-hybridized carbons (Fsp3) is 0.353. The minimum atomic E-state index is -0.536. The largest absolute Gasteiger partial charge is 0.512 e. The molecule has 0 bridgehead atoms. The summed E-state index contributed by atoms with van der Waals surface area (Å²) in [4.78, 5) is 27.8. The van der Waals surface area contributed by atoms with E-state index >= 15 is 0 Å². The van der Waals surface area contributed by atoms with Crippen molar-refractivity contribution < 1.29 is 19.4 Å². The van der Waals surface area contributed by atoms with Gasteiger partial charge < -0.3 is 9.84 Å². The number of esters is 1. The van der Waals surface area contributed by atoms with Crippen molar-refractivity contribution >= 4 is 35.3 Å². The Morgan fingerprint density at radius 1 is 1.26 bits per heavy atom. The molecule has 0 aliphatic rings. The summed E-state index contributed by atoms with van der Waals surface area (Å²) in [6, 6.07) is 4.77. The molecule has 5 nitrogen and oxygen atoms in total. The average Bonchev–Trinajstić information content (AvgIpc) is 2.55. The van der Waals surface area contributed by atoms with Gasteiger partial charge in [0.1, 0.15) is 5.76 Å². The van der Waals surface area contributed by atoms with Crippen molar-refractivity contribution in [1.82, 2.24) is 0 Å². The number of hydrogen-bond donors (Lipinski definition) is 1. The molecule has 0 amide bonds. The van der Waals surface area contributed by atoms with E-state index in [2.05, 4.69) is 4.99 Å². The van der Waals surface area contributed by atoms with E-state index in [1.54, 1.807) is 32.9 Å². The first-order chi connectivity index (χ1) is 11.0. The summed E-state index contributed by atoms with van der Waals surface area (Å²) in [5, 5.41) is 9.98. The molecule has 0 heterocycles. The molecule has 0 saturated heterocycles. The molecule has 0 aromatic heterocycles. The molecule has 23 heavy (non-hydrogen) atoms. The van der Waals surface area contributed by atoms with Crippen molar-refractivity contribution in [1.29, 1.82) is 0 Å². The smallest absolute Gasteiger partial charge is 0.339 e. The fourth-order valence-electron chi connectivity index (χ4n) is 1.81. The maximum atomic E-state index is 11.9. The number of allylic oxidation sites excluding steroid dienone is 2. The second-order valence-corrected chi connectivity index (χ2v) is 4.99. The molecule has 0 aliphatic carbocycles. The normalized spacial score (nSPS) is 12.2. The molecule has 0 atom stereocenters. The van der Waals surface area contributed by atoms with Gasteiger partial charge in [0, 0.05) is 19.1 Å². The molecule has 1 aromatic rings. The van der Waals surface area contributed by atoms with Crippen LogP contribution in [0.4, 0.5) is 5.69 Å². The third-order valence-corrected chi connectivity index (χ3v) is 3.47. The minimum absolute atomic E-state index is 0.0294. The number of ketones is 1. The zero-order valence-corrected chi connectivity index (χ0v) is 14.2. The third-order valence-electron chi connectivity index (χ3n) is 3.07. The Morgan fingerprint density at radius 2 is 1.96 bits per heavy atom. The van der Waals surface area contributed by atoms with Crippen molar-refractivity contribution in [3.8, 4) is 0 Å². The molecule has 0 aliphatic heterocycles. The lowest BCUT2D eigenvalue weighted by atomic mass is 10.1. The van der Waals surface area contributed by atoms with Crippen LogP contribution in [0.3, 0.4) is 0 Å². The van der Waals surface area contributed by atoms with Crippen LogP contribution >= 0.6 is 11.6 Å². The second kappa shape index (κ2) is 9.10. The summed E-state index contributed by atoms with van der Waals surface area (Å²) in [5.41, 5.74) is 0.672. The van der Waals surface area contributed by atoms with Gasteiger partial charge in [-0.3, -0.25) is 9.79 Å². The lowest BCUT2D eigenvalue weighted by molar-refractivity contribution is -0.114. The number of aliphatic hydroxyl groups excluding tert-OH is 1. The Labute approximate surface area is 140 Å². The molecule has 0 saturated carbocycles. The molecule has 1 aromatic carbocycles. The molecular weight excluding hydrogens is 318 g/mol. The predicted octanol–water partition coefficient (Wildman–Crippen LogP) is 4.42. The number of Topliss-reactive ketones (excluding diaryl/α,β-unsaturated/α-hetero) is 1. The highest BCUT2D eigenvalue weighted by Crippen LogP contribution is 2.29. The molecule has 0 fully saturated rings. The number of benzene rings is 1. The van der Waals surface area contributed by atoms with Crippen LogP contribution < -0.4 is 0 Å². The van der Waals surface area contributed by atoms with Gasteiger partial charge in [-0.15, -0.1) is 0 Å². The van der Waals surface area contributed by atoms with E-state index in [1.807, 2.05) is 0 Å². The Kier molecular flexibility index (Phi) is 7.48. The van der Waals surface area contributed by atoms with Gasteiger partial charge in [0.15, 0.2) is 5.78 Å². The van der Waals surface area contributed by atoms with Gasteiger partial charge in [-0.1, -0.05) is 31.5 Å². The molecular formula is C17H20ClNO4. The Morgan fingerprint density at radius 3 is 2.52 bits per heavy atom. The molecule has 1 rings (SSSR count). The number of halogens is 1. The lowest BCUT2D eigenvalue weighted by Gasteiger charge is -2.06. The van der Waals surface area contributed by atoms with Crippen LogP contribution in [0.15, 0.2) is 34.5 Å². The second-order valence-electron chi connectivity index (χ2n) is 4.61. The maximum absolute atomic E-state index is 11.9. The van der Waals surface area contributed by atoms with E-state index in [-0.39, 0.29) is 40.7 Å². The Balaban J connectivity index is 3.20. The summed E-state index contributed by atoms with van der Waals surface area (Å²) < 4.78 is 4.92. The van der Waals surface area contributed by atoms with E-state index in [9.17, 15) is 14.7 Å². The Hall–Kier alpha value is -2.14. The van der Waals surface area contributed by atoms with Crippen LogP contribution in [0.25, 0.3) is 0 Å². The zero-order valence-electron chi connectivity index (χ0n) is 13.4. The number of rotatable bonds is 7. The first-order valence-corrected chi connectivity index (χ1v) is 7.78. The quantitative estimate of drug-likeness (QED) is 0.346. The topological polar surface area (TPSA) is 76.0 Å². The predicted molar refractivity (Wildman–Crippen MR) is 90.8 cm³/mol. The summed E-state index contributed by atoms with van der Waals surface area (Å²) in [7, 11) is 0. The lowest BCUT2D eigenvalue weighted by Crippen LogP contribution is -2.06. The first kappa shape index (κ1) is 18.9. The van der Waals surface area contributed by atoms with Crippen molar-refractivity contribution in [3.63, 3.8) is 0 Å². The number of aliphatic imine (C=N–C) groups is 1. The number of hydrogen-bond acceptors (Lipinski definition) is 5. The summed E-state index contributed by atoms with van der Waals surface area (Å²) in [5.74, 6) is -0.782. The molecule has 0 spiro atoms. The number of carbonyl (C=O) groups excluding carboxylic acids is 2. The van der Waals surface area contributed by atoms with Gasteiger partial charge in [0.05, 0.1) is 28.5 Å². The van der Waals surface area contributed by atoms with Crippen LogP contribution in [0.2, 0.25) is 5.02 Å². The van der Waals surface area contributed by atoms with Crippen molar-refractivity contribution in [2.24, 2.45) is 4.99 Å². The number of ether oxygens (including phenoxy) is 1. The molecule has 1 N–H and O–H groups in total. The highest BCUT2D eigenvalue weighted by atomic mass is 35.5. The van der Waals surface area contributed by atoms with Gasteiger partial charge in [-0.2, -0.15) is 0 Å². The van der Waals surface area contributed by atoms with Crippen LogP contribution in [-0.2, 0) is 9.53 Å². The fourth-order valence-corrected chi connectivity index (χ4v) is 2.06. The Bertz CT molecular complexity index is 650. The summed E-state index contributed by atoms with van der Waals surface area (Å²) in [6.07, 6.45) is 1.85. The van der Waals surface area contributed by atoms with Gasteiger partial charge >= 0.3 is 5.97 Å². The van der Waals surface area contributed by atoms with E-state index < -0.39 is 5.97 Å². The molecule has 6 heteroatoms. The monoisotopic (exact) mass is 337 g/mol. The summed E-state index contributed by atoms with van der Waals surface area (Å²) in [6.45, 7) is 5.38. The van der Waals surface area contributed by atoms with Crippen LogP contribution in [0, 0.1) is 0 Å². The minimum Gasteiger partial charge on any atom is -0.512 e. The van der Waals surface area contributed by atoms with E-state index in [1.165, 1.54) is 12.3 Å². The van der Waals surface area contributed by atoms with E-state index in [0.717, 1.165) is 0 Å².